The summed E-state index contributed by atoms with van der Waals surface area (Å²) in [5.41, 5.74) is 1.54. The number of nitrogens with one attached hydrogen (secondary N) is 1. The van der Waals surface area contributed by atoms with Crippen molar-refractivity contribution in [3.63, 3.8) is 0 Å². The molecular formula is C16H16INO2. The fourth-order valence-corrected chi connectivity index (χ4v) is 2.54. The quantitative estimate of drug-likeness (QED) is 0.782. The number of hydrogen-bond donors (Lipinski definition) is 2. The number of aliphatic hydroxyl groups is 1. The fourth-order valence-electron chi connectivity index (χ4n) is 1.90. The molecule has 4 heteroatoms. The zero-order valence-corrected chi connectivity index (χ0v) is 13.1. The lowest BCUT2D eigenvalue weighted by Gasteiger charge is -2.12. The molecule has 2 aromatic rings. The van der Waals surface area contributed by atoms with E-state index in [1.54, 1.807) is 6.07 Å². The minimum atomic E-state index is -0.550. The second kappa shape index (κ2) is 7.40. The minimum Gasteiger partial charge on any atom is -0.388 e. The SMILES string of the molecule is O=C(NCCC(O)c1ccccc1)c1ccccc1I. The van der Waals surface area contributed by atoms with Crippen LogP contribution in [-0.4, -0.2) is 17.6 Å². The molecule has 104 valence electrons. The third-order valence-corrected chi connectivity index (χ3v) is 3.95. The van der Waals surface area contributed by atoms with Gasteiger partial charge in [-0.05, 0) is 46.7 Å². The van der Waals surface area contributed by atoms with E-state index in [0.717, 1.165) is 9.13 Å². The van der Waals surface area contributed by atoms with Crippen molar-refractivity contribution in [2.75, 3.05) is 6.54 Å². The molecule has 0 heterocycles. The number of amides is 1. The Morgan fingerprint density at radius 1 is 1.10 bits per heavy atom. The first-order valence-electron chi connectivity index (χ1n) is 6.44. The van der Waals surface area contributed by atoms with E-state index in [1.165, 1.54) is 0 Å². The first-order chi connectivity index (χ1) is 9.68. The molecule has 20 heavy (non-hydrogen) atoms. The van der Waals surface area contributed by atoms with E-state index in [2.05, 4.69) is 27.9 Å². The minimum absolute atomic E-state index is 0.102. The molecule has 0 aromatic heterocycles. The Bertz CT molecular complexity index is 572. The molecule has 2 N–H and O–H groups in total. The van der Waals surface area contributed by atoms with E-state index >= 15 is 0 Å². The lowest BCUT2D eigenvalue weighted by Crippen LogP contribution is -2.26. The third kappa shape index (κ3) is 4.05. The van der Waals surface area contributed by atoms with E-state index in [-0.39, 0.29) is 5.91 Å². The van der Waals surface area contributed by atoms with Crippen LogP contribution in [0.4, 0.5) is 0 Å². The van der Waals surface area contributed by atoms with E-state index in [0.29, 0.717) is 18.5 Å². The Kier molecular flexibility index (Phi) is 5.55. The molecule has 3 nitrogen and oxygen atoms in total. The van der Waals surface area contributed by atoms with Crippen LogP contribution in [0.25, 0.3) is 0 Å². The summed E-state index contributed by atoms with van der Waals surface area (Å²) in [7, 11) is 0. The normalized spacial score (nSPS) is 11.9. The molecule has 2 aromatic carbocycles. The van der Waals surface area contributed by atoms with Crippen molar-refractivity contribution in [2.45, 2.75) is 12.5 Å². The Balaban J connectivity index is 1.84. The topological polar surface area (TPSA) is 49.3 Å². The Hall–Kier alpha value is -1.40. The van der Waals surface area contributed by atoms with Gasteiger partial charge in [0.05, 0.1) is 11.7 Å². The molecule has 0 saturated heterocycles. The van der Waals surface area contributed by atoms with Gasteiger partial charge < -0.3 is 10.4 Å². The molecular weight excluding hydrogens is 365 g/mol. The van der Waals surface area contributed by atoms with Crippen LogP contribution in [-0.2, 0) is 0 Å². The van der Waals surface area contributed by atoms with Crippen molar-refractivity contribution >= 4 is 28.5 Å². The van der Waals surface area contributed by atoms with Crippen LogP contribution < -0.4 is 5.32 Å². The molecule has 1 unspecified atom stereocenters. The molecule has 0 aliphatic rings. The van der Waals surface area contributed by atoms with Gasteiger partial charge in [0.2, 0.25) is 0 Å². The Labute approximate surface area is 132 Å². The largest absolute Gasteiger partial charge is 0.388 e. The van der Waals surface area contributed by atoms with E-state index in [1.807, 2.05) is 48.5 Å². The summed E-state index contributed by atoms with van der Waals surface area (Å²) >= 11 is 2.14. The molecule has 0 radical (unpaired) electrons. The maximum Gasteiger partial charge on any atom is 0.252 e. The van der Waals surface area contributed by atoms with E-state index < -0.39 is 6.10 Å². The molecule has 0 saturated carbocycles. The monoisotopic (exact) mass is 381 g/mol. The van der Waals surface area contributed by atoms with Gasteiger partial charge in [0.1, 0.15) is 0 Å². The molecule has 0 spiro atoms. The zero-order valence-electron chi connectivity index (χ0n) is 10.9. The van der Waals surface area contributed by atoms with Crippen molar-refractivity contribution in [1.29, 1.82) is 0 Å². The predicted molar refractivity (Wildman–Crippen MR) is 87.5 cm³/mol. The predicted octanol–water partition coefficient (Wildman–Crippen LogP) is 3.14. The molecule has 1 amide bonds. The summed E-state index contributed by atoms with van der Waals surface area (Å²) in [6, 6.07) is 16.9. The summed E-state index contributed by atoms with van der Waals surface area (Å²) < 4.78 is 0.922. The lowest BCUT2D eigenvalue weighted by molar-refractivity contribution is 0.0942. The number of aliphatic hydroxyl groups excluding tert-OH is 1. The smallest absolute Gasteiger partial charge is 0.252 e. The van der Waals surface area contributed by atoms with Crippen molar-refractivity contribution in [3.8, 4) is 0 Å². The first-order valence-corrected chi connectivity index (χ1v) is 7.52. The number of halogens is 1. The average Bonchev–Trinajstić information content (AvgIpc) is 2.48. The van der Waals surface area contributed by atoms with Crippen LogP contribution in [0.3, 0.4) is 0 Å². The lowest BCUT2D eigenvalue weighted by atomic mass is 10.1. The second-order valence-electron chi connectivity index (χ2n) is 4.45. The molecule has 0 aliphatic carbocycles. The highest BCUT2D eigenvalue weighted by molar-refractivity contribution is 14.1. The number of carbonyl (C=O) groups excluding carboxylic acids is 1. The number of carbonyl (C=O) groups is 1. The van der Waals surface area contributed by atoms with Crippen LogP contribution in [0.2, 0.25) is 0 Å². The van der Waals surface area contributed by atoms with Gasteiger partial charge >= 0.3 is 0 Å². The number of hydrogen-bond acceptors (Lipinski definition) is 2. The van der Waals surface area contributed by atoms with Crippen molar-refractivity contribution in [1.82, 2.24) is 5.32 Å². The average molecular weight is 381 g/mol. The standard InChI is InChI=1S/C16H16INO2/c17-14-9-5-4-8-13(14)16(20)18-11-10-15(19)12-6-2-1-3-7-12/h1-9,15,19H,10-11H2,(H,18,20). The highest BCUT2D eigenvalue weighted by atomic mass is 127. The summed E-state index contributed by atoms with van der Waals surface area (Å²) in [5, 5.41) is 12.8. The maximum atomic E-state index is 12.0. The van der Waals surface area contributed by atoms with Gasteiger partial charge in [-0.15, -0.1) is 0 Å². The van der Waals surface area contributed by atoms with Gasteiger partial charge in [0, 0.05) is 10.1 Å². The maximum absolute atomic E-state index is 12.0. The molecule has 1 atom stereocenters. The number of benzene rings is 2. The zero-order chi connectivity index (χ0) is 14.4. The summed E-state index contributed by atoms with van der Waals surface area (Å²) in [6.07, 6.45) is -0.0505. The fraction of sp³-hybridized carbons (Fsp3) is 0.188. The highest BCUT2D eigenvalue weighted by Gasteiger charge is 2.10. The van der Waals surface area contributed by atoms with Crippen molar-refractivity contribution < 1.29 is 9.90 Å². The van der Waals surface area contributed by atoms with Crippen LogP contribution in [0.15, 0.2) is 54.6 Å². The van der Waals surface area contributed by atoms with Gasteiger partial charge in [-0.3, -0.25) is 4.79 Å². The third-order valence-electron chi connectivity index (χ3n) is 3.01. The highest BCUT2D eigenvalue weighted by Crippen LogP contribution is 2.15. The Morgan fingerprint density at radius 2 is 1.75 bits per heavy atom. The summed E-state index contributed by atoms with van der Waals surface area (Å²) in [5.74, 6) is -0.102. The van der Waals surface area contributed by atoms with E-state index in [9.17, 15) is 9.90 Å². The second-order valence-corrected chi connectivity index (χ2v) is 5.61. The summed E-state index contributed by atoms with van der Waals surface area (Å²) in [6.45, 7) is 0.444. The first kappa shape index (κ1) is 15.0. The van der Waals surface area contributed by atoms with Gasteiger partial charge in [-0.25, -0.2) is 0 Å². The molecule has 0 fully saturated rings. The molecule has 2 rings (SSSR count). The van der Waals surface area contributed by atoms with Crippen LogP contribution in [0.5, 0.6) is 0 Å². The summed E-state index contributed by atoms with van der Waals surface area (Å²) in [4.78, 5) is 12.0. The van der Waals surface area contributed by atoms with Gasteiger partial charge in [-0.1, -0.05) is 42.5 Å². The Morgan fingerprint density at radius 3 is 2.45 bits per heavy atom. The van der Waals surface area contributed by atoms with Crippen LogP contribution in [0, 0.1) is 3.57 Å². The van der Waals surface area contributed by atoms with Gasteiger partial charge in [0.25, 0.3) is 5.91 Å². The molecule has 0 bridgehead atoms. The van der Waals surface area contributed by atoms with Gasteiger partial charge in [0.15, 0.2) is 0 Å². The number of rotatable bonds is 5. The van der Waals surface area contributed by atoms with Crippen LogP contribution >= 0.6 is 22.6 Å². The van der Waals surface area contributed by atoms with Gasteiger partial charge in [-0.2, -0.15) is 0 Å². The van der Waals surface area contributed by atoms with Crippen molar-refractivity contribution in [2.24, 2.45) is 0 Å². The molecule has 0 aliphatic heterocycles. The van der Waals surface area contributed by atoms with E-state index in [4.69, 9.17) is 0 Å². The van der Waals surface area contributed by atoms with Crippen molar-refractivity contribution in [3.05, 3.63) is 69.3 Å². The van der Waals surface area contributed by atoms with Crippen LogP contribution in [0.1, 0.15) is 28.4 Å².